The average molecular weight is 573 g/mol. The molecule has 0 bridgehead atoms. The number of carbonyl (C=O) groups is 5. The zero-order chi connectivity index (χ0) is 31.2. The maximum Gasteiger partial charge on any atom is 0.337 e. The van der Waals surface area contributed by atoms with E-state index in [1.54, 1.807) is 106 Å². The molecule has 0 aromatic heterocycles. The minimum Gasteiger partial charge on any atom is -0.468 e. The summed E-state index contributed by atoms with van der Waals surface area (Å²) in [5.41, 5.74) is 0. The normalized spacial score (nSPS) is 9.73. The molecule has 0 amide bonds. The first-order valence-corrected chi connectivity index (χ1v) is 12.1. The Bertz CT molecular complexity index is 1070. The van der Waals surface area contributed by atoms with Gasteiger partial charge in [0.15, 0.2) is 0 Å². The summed E-state index contributed by atoms with van der Waals surface area (Å²) in [5.74, 6) is -0.133. The van der Waals surface area contributed by atoms with E-state index in [1.165, 1.54) is 26.0 Å². The molecule has 0 aliphatic rings. The van der Waals surface area contributed by atoms with E-state index >= 15 is 0 Å². The number of hydrogen-bond acceptors (Lipinski definition) is 12. The van der Waals surface area contributed by atoms with Gasteiger partial charge in [-0.15, -0.1) is 0 Å². The minimum absolute atomic E-state index is 0.372. The summed E-state index contributed by atoms with van der Waals surface area (Å²) in [5, 5.41) is 0. The highest BCUT2D eigenvalue weighted by atomic mass is 16.5. The molecule has 12 heteroatoms. The van der Waals surface area contributed by atoms with Crippen molar-refractivity contribution in [3.05, 3.63) is 73.1 Å². The number of ether oxygens (including phenoxy) is 5. The Morgan fingerprint density at radius 3 is 1.10 bits per heavy atom. The Hall–Kier alpha value is -5.13. The monoisotopic (exact) mass is 572 g/mol. The van der Waals surface area contributed by atoms with Gasteiger partial charge in [-0.3, -0.25) is 14.4 Å². The van der Waals surface area contributed by atoms with Crippen molar-refractivity contribution in [2.75, 3.05) is 34.8 Å². The van der Waals surface area contributed by atoms with Crippen LogP contribution in [0.2, 0.25) is 0 Å². The highest BCUT2D eigenvalue weighted by Crippen LogP contribution is 2.19. The number of rotatable bonds is 10. The first-order valence-electron chi connectivity index (χ1n) is 12.1. The molecular weight excluding hydrogens is 536 g/mol. The summed E-state index contributed by atoms with van der Waals surface area (Å²) in [7, 11) is 7.21. The van der Waals surface area contributed by atoms with Crippen LogP contribution >= 0.6 is 0 Å². The lowest BCUT2D eigenvalue weighted by atomic mass is 10.3. The standard InChI is InChI=1S/C16H20N2O4.C10H10O4.C3H6O2/c1-17(2)11-9-15(19)21-13-5-7-14(8-6-13)22-16(20)10-12-18(3)4;1-7(11)13-9-3-5-10(6-4-9)14-8(2)12;1-2-5-3-4/h5-12H,1-4H3;3-6H,1-2H3;3H,2H2,1H3/b11-9+,12-10+;;. The molecule has 2 aromatic rings. The third-order valence-corrected chi connectivity index (χ3v) is 3.86. The summed E-state index contributed by atoms with van der Waals surface area (Å²) in [6.07, 6.45) is 5.82. The van der Waals surface area contributed by atoms with Gasteiger partial charge in [-0.1, -0.05) is 0 Å². The molecule has 2 aromatic carbocycles. The number of nitrogens with zero attached hydrogens (tertiary/aromatic N) is 2. The molecule has 0 heterocycles. The SMILES string of the molecule is CC(=O)Oc1ccc(OC(C)=O)cc1.CCOC=O.CN(C)/C=C/C(=O)Oc1ccc(OC(=O)/C=C/N(C)C)cc1. The van der Waals surface area contributed by atoms with Gasteiger partial charge in [0.25, 0.3) is 6.47 Å². The van der Waals surface area contributed by atoms with Crippen molar-refractivity contribution in [1.29, 1.82) is 0 Å². The molecule has 0 spiro atoms. The molecular formula is C29H36N2O10. The lowest BCUT2D eigenvalue weighted by molar-refractivity contribution is -0.133. The van der Waals surface area contributed by atoms with Crippen LogP contribution in [0.25, 0.3) is 0 Å². The molecule has 0 radical (unpaired) electrons. The highest BCUT2D eigenvalue weighted by molar-refractivity contribution is 5.84. The fraction of sp³-hybridized carbons (Fsp3) is 0.276. The third-order valence-electron chi connectivity index (χ3n) is 3.86. The quantitative estimate of drug-likeness (QED) is 0.179. The number of hydrogen-bond donors (Lipinski definition) is 0. The third kappa shape index (κ3) is 20.5. The molecule has 12 nitrogen and oxygen atoms in total. The molecule has 222 valence electrons. The summed E-state index contributed by atoms with van der Waals surface area (Å²) in [6, 6.07) is 12.4. The Balaban J connectivity index is 0.000000715. The molecule has 0 saturated heterocycles. The molecule has 0 N–H and O–H groups in total. The van der Waals surface area contributed by atoms with E-state index in [1.807, 2.05) is 0 Å². The molecule has 0 aliphatic heterocycles. The summed E-state index contributed by atoms with van der Waals surface area (Å²) < 4.78 is 23.9. The van der Waals surface area contributed by atoms with Gasteiger partial charge in [0.05, 0.1) is 6.61 Å². The van der Waals surface area contributed by atoms with Crippen molar-refractivity contribution in [2.45, 2.75) is 20.8 Å². The maximum atomic E-state index is 11.5. The summed E-state index contributed by atoms with van der Waals surface area (Å²) in [4.78, 5) is 56.8. The molecule has 0 atom stereocenters. The molecule has 0 fully saturated rings. The molecule has 0 unspecified atom stereocenters. The smallest absolute Gasteiger partial charge is 0.337 e. The fourth-order valence-electron chi connectivity index (χ4n) is 2.27. The van der Waals surface area contributed by atoms with Gasteiger partial charge < -0.3 is 33.5 Å². The van der Waals surface area contributed by atoms with Crippen molar-refractivity contribution < 1.29 is 47.7 Å². The van der Waals surface area contributed by atoms with Crippen LogP contribution in [0, 0.1) is 0 Å². The predicted octanol–water partition coefficient (Wildman–Crippen LogP) is 3.36. The maximum absolute atomic E-state index is 11.5. The van der Waals surface area contributed by atoms with Crippen LogP contribution in [0.5, 0.6) is 23.0 Å². The van der Waals surface area contributed by atoms with Gasteiger partial charge in [0.2, 0.25) is 0 Å². The van der Waals surface area contributed by atoms with Crippen LogP contribution in [0.1, 0.15) is 20.8 Å². The van der Waals surface area contributed by atoms with Gasteiger partial charge in [-0.2, -0.15) is 0 Å². The first kappa shape index (κ1) is 35.9. The lowest BCUT2D eigenvalue weighted by Gasteiger charge is -2.06. The second-order valence-corrected chi connectivity index (χ2v) is 8.08. The second-order valence-electron chi connectivity index (χ2n) is 8.08. The zero-order valence-electron chi connectivity index (χ0n) is 24.2. The number of esters is 4. The number of carbonyl (C=O) groups excluding carboxylic acids is 5. The van der Waals surface area contributed by atoms with Crippen molar-refractivity contribution in [3.8, 4) is 23.0 Å². The molecule has 0 saturated carbocycles. The van der Waals surface area contributed by atoms with Crippen LogP contribution in [-0.4, -0.2) is 74.9 Å². The van der Waals surface area contributed by atoms with Gasteiger partial charge in [0.1, 0.15) is 23.0 Å². The van der Waals surface area contributed by atoms with E-state index in [0.717, 1.165) is 0 Å². The topological polar surface area (TPSA) is 138 Å². The van der Waals surface area contributed by atoms with E-state index in [0.29, 0.717) is 36.1 Å². The highest BCUT2D eigenvalue weighted by Gasteiger charge is 2.04. The van der Waals surface area contributed by atoms with Gasteiger partial charge >= 0.3 is 23.9 Å². The van der Waals surface area contributed by atoms with Gasteiger partial charge in [-0.25, -0.2) is 9.59 Å². The van der Waals surface area contributed by atoms with Crippen molar-refractivity contribution in [3.63, 3.8) is 0 Å². The largest absolute Gasteiger partial charge is 0.468 e. The molecule has 2 rings (SSSR count). The van der Waals surface area contributed by atoms with Crippen LogP contribution in [0.4, 0.5) is 0 Å². The second kappa shape index (κ2) is 20.8. The molecule has 41 heavy (non-hydrogen) atoms. The van der Waals surface area contributed by atoms with E-state index in [9.17, 15) is 24.0 Å². The Morgan fingerprint density at radius 2 is 0.902 bits per heavy atom. The summed E-state index contributed by atoms with van der Waals surface area (Å²) in [6.45, 7) is 5.30. The zero-order valence-corrected chi connectivity index (χ0v) is 24.2. The van der Waals surface area contributed by atoms with Gasteiger partial charge in [-0.05, 0) is 55.5 Å². The predicted molar refractivity (Wildman–Crippen MR) is 150 cm³/mol. The lowest BCUT2D eigenvalue weighted by Crippen LogP contribution is -2.08. The van der Waals surface area contributed by atoms with Crippen LogP contribution in [0.15, 0.2) is 73.1 Å². The summed E-state index contributed by atoms with van der Waals surface area (Å²) >= 11 is 0. The Labute approximate surface area is 239 Å². The Morgan fingerprint density at radius 1 is 0.610 bits per heavy atom. The van der Waals surface area contributed by atoms with Crippen LogP contribution in [0.3, 0.4) is 0 Å². The van der Waals surface area contributed by atoms with E-state index in [4.69, 9.17) is 18.9 Å². The van der Waals surface area contributed by atoms with Crippen LogP contribution < -0.4 is 18.9 Å². The average Bonchev–Trinajstić information content (AvgIpc) is 2.89. The number of benzene rings is 2. The first-order chi connectivity index (χ1) is 19.4. The van der Waals surface area contributed by atoms with E-state index in [-0.39, 0.29) is 11.9 Å². The molecule has 0 aliphatic carbocycles. The Kier molecular flexibility index (Phi) is 18.2. The van der Waals surface area contributed by atoms with Gasteiger partial charge in [0, 0.05) is 66.6 Å². The van der Waals surface area contributed by atoms with Crippen molar-refractivity contribution in [2.24, 2.45) is 0 Å². The fourth-order valence-corrected chi connectivity index (χ4v) is 2.27. The van der Waals surface area contributed by atoms with E-state index < -0.39 is 11.9 Å². The van der Waals surface area contributed by atoms with Crippen LogP contribution in [-0.2, 0) is 28.7 Å². The van der Waals surface area contributed by atoms with Crippen molar-refractivity contribution in [1.82, 2.24) is 9.80 Å². The minimum atomic E-state index is -0.479. The van der Waals surface area contributed by atoms with Crippen molar-refractivity contribution >= 4 is 30.3 Å². The van der Waals surface area contributed by atoms with E-state index in [2.05, 4.69) is 4.74 Å².